The summed E-state index contributed by atoms with van der Waals surface area (Å²) in [5.41, 5.74) is 1.20. The molecule has 3 N–H and O–H groups in total. The SMILES string of the molecule is CNC(=O)CN1CCCC(c2cc(N3CCNCC3)n[nH]2)C1. The van der Waals surface area contributed by atoms with Gasteiger partial charge in [-0.2, -0.15) is 5.10 Å². The van der Waals surface area contributed by atoms with Crippen LogP contribution in [0.4, 0.5) is 5.82 Å². The van der Waals surface area contributed by atoms with Crippen molar-refractivity contribution in [2.45, 2.75) is 18.8 Å². The molecule has 2 fully saturated rings. The number of nitrogens with one attached hydrogen (secondary N) is 3. The van der Waals surface area contributed by atoms with Crippen molar-refractivity contribution in [1.82, 2.24) is 25.7 Å². The highest BCUT2D eigenvalue weighted by Gasteiger charge is 2.25. The molecule has 0 saturated carbocycles. The number of likely N-dealkylation sites (tertiary alicyclic amines) is 1. The molecule has 3 rings (SSSR count). The van der Waals surface area contributed by atoms with Gasteiger partial charge in [0.25, 0.3) is 0 Å². The number of amides is 1. The predicted molar refractivity (Wildman–Crippen MR) is 86.2 cm³/mol. The first kappa shape index (κ1) is 15.3. The van der Waals surface area contributed by atoms with Crippen molar-refractivity contribution in [3.8, 4) is 0 Å². The summed E-state index contributed by atoms with van der Waals surface area (Å²) in [6, 6.07) is 2.19. The molecule has 7 heteroatoms. The van der Waals surface area contributed by atoms with E-state index in [0.29, 0.717) is 12.5 Å². The Balaban J connectivity index is 1.61. The van der Waals surface area contributed by atoms with Crippen LogP contribution in [-0.4, -0.2) is 73.9 Å². The van der Waals surface area contributed by atoms with E-state index in [4.69, 9.17) is 0 Å². The van der Waals surface area contributed by atoms with Crippen molar-refractivity contribution in [2.24, 2.45) is 0 Å². The molecule has 1 atom stereocenters. The molecular formula is C15H26N6O. The van der Waals surface area contributed by atoms with E-state index in [0.717, 1.165) is 57.9 Å². The van der Waals surface area contributed by atoms with E-state index < -0.39 is 0 Å². The third-order valence-electron chi connectivity index (χ3n) is 4.62. The fraction of sp³-hybridized carbons (Fsp3) is 0.733. The van der Waals surface area contributed by atoms with Crippen molar-refractivity contribution < 1.29 is 4.79 Å². The van der Waals surface area contributed by atoms with Crippen LogP contribution in [0.3, 0.4) is 0 Å². The Kier molecular flexibility index (Phi) is 4.94. The Hall–Kier alpha value is -1.60. The number of rotatable bonds is 4. The molecule has 2 saturated heterocycles. The number of hydrogen-bond acceptors (Lipinski definition) is 5. The van der Waals surface area contributed by atoms with Gasteiger partial charge in [-0.15, -0.1) is 0 Å². The first-order chi connectivity index (χ1) is 10.8. The Bertz CT molecular complexity index is 496. The number of likely N-dealkylation sites (N-methyl/N-ethyl adjacent to an activating group) is 1. The van der Waals surface area contributed by atoms with Crippen molar-refractivity contribution in [2.75, 3.05) is 57.8 Å². The summed E-state index contributed by atoms with van der Waals surface area (Å²) >= 11 is 0. The first-order valence-corrected chi connectivity index (χ1v) is 8.20. The van der Waals surface area contributed by atoms with Crippen LogP contribution in [0.1, 0.15) is 24.5 Å². The van der Waals surface area contributed by atoms with Crippen LogP contribution in [0.2, 0.25) is 0 Å². The number of aromatic amines is 1. The normalized spacial score (nSPS) is 23.5. The van der Waals surface area contributed by atoms with E-state index in [1.54, 1.807) is 7.05 Å². The van der Waals surface area contributed by atoms with E-state index in [-0.39, 0.29) is 5.91 Å². The molecule has 1 aromatic heterocycles. The van der Waals surface area contributed by atoms with Crippen molar-refractivity contribution in [3.05, 3.63) is 11.8 Å². The van der Waals surface area contributed by atoms with Crippen LogP contribution in [0.5, 0.6) is 0 Å². The summed E-state index contributed by atoms with van der Waals surface area (Å²) in [5, 5.41) is 13.8. The quantitative estimate of drug-likeness (QED) is 0.715. The van der Waals surface area contributed by atoms with E-state index in [2.05, 4.69) is 36.7 Å². The average molecular weight is 306 g/mol. The molecule has 22 heavy (non-hydrogen) atoms. The van der Waals surface area contributed by atoms with Crippen molar-refractivity contribution in [1.29, 1.82) is 0 Å². The van der Waals surface area contributed by atoms with Gasteiger partial charge in [0.2, 0.25) is 5.91 Å². The lowest BCUT2D eigenvalue weighted by atomic mass is 9.95. The Labute approximate surface area is 131 Å². The largest absolute Gasteiger partial charge is 0.358 e. The third kappa shape index (κ3) is 3.59. The van der Waals surface area contributed by atoms with Gasteiger partial charge >= 0.3 is 0 Å². The Morgan fingerprint density at radius 2 is 2.23 bits per heavy atom. The summed E-state index contributed by atoms with van der Waals surface area (Å²) in [6.45, 7) is 6.48. The van der Waals surface area contributed by atoms with E-state index in [9.17, 15) is 4.79 Å². The number of H-pyrrole nitrogens is 1. The lowest BCUT2D eigenvalue weighted by Crippen LogP contribution is -2.43. The van der Waals surface area contributed by atoms with Crippen LogP contribution in [0, 0.1) is 0 Å². The fourth-order valence-corrected chi connectivity index (χ4v) is 3.33. The maximum atomic E-state index is 11.5. The number of aromatic nitrogens is 2. The smallest absolute Gasteiger partial charge is 0.233 e. The topological polar surface area (TPSA) is 76.3 Å². The molecule has 0 aromatic carbocycles. The van der Waals surface area contributed by atoms with Gasteiger partial charge in [-0.1, -0.05) is 0 Å². The molecule has 2 aliphatic rings. The molecular weight excluding hydrogens is 280 g/mol. The van der Waals surface area contributed by atoms with Crippen LogP contribution in [0.15, 0.2) is 6.07 Å². The molecule has 1 aromatic rings. The van der Waals surface area contributed by atoms with Crippen molar-refractivity contribution in [3.63, 3.8) is 0 Å². The number of anilines is 1. The number of carbonyl (C=O) groups excluding carboxylic acids is 1. The number of hydrogen-bond donors (Lipinski definition) is 3. The second kappa shape index (κ2) is 7.11. The van der Waals surface area contributed by atoms with Gasteiger partial charge in [-0.25, -0.2) is 0 Å². The number of piperidine rings is 1. The molecule has 122 valence electrons. The van der Waals surface area contributed by atoms with E-state index in [1.165, 1.54) is 5.69 Å². The lowest BCUT2D eigenvalue weighted by Gasteiger charge is -2.31. The number of piperazine rings is 1. The van der Waals surface area contributed by atoms with Gasteiger partial charge in [0.1, 0.15) is 0 Å². The zero-order valence-electron chi connectivity index (χ0n) is 13.3. The first-order valence-electron chi connectivity index (χ1n) is 8.20. The average Bonchev–Trinajstić information content (AvgIpc) is 3.06. The molecule has 0 bridgehead atoms. The molecule has 0 spiro atoms. The maximum Gasteiger partial charge on any atom is 0.233 e. The standard InChI is InChI=1S/C15H26N6O/c1-16-15(22)11-20-6-2-3-12(10-20)13-9-14(19-18-13)21-7-4-17-5-8-21/h9,12,17H,2-8,10-11H2,1H3,(H,16,22)(H,18,19). The molecule has 1 unspecified atom stereocenters. The maximum absolute atomic E-state index is 11.5. The zero-order chi connectivity index (χ0) is 15.4. The second-order valence-corrected chi connectivity index (χ2v) is 6.17. The molecule has 0 radical (unpaired) electrons. The fourth-order valence-electron chi connectivity index (χ4n) is 3.33. The predicted octanol–water partition coefficient (Wildman–Crippen LogP) is -0.255. The van der Waals surface area contributed by atoms with Gasteiger partial charge in [0.05, 0.1) is 6.54 Å². The summed E-state index contributed by atoms with van der Waals surface area (Å²) in [7, 11) is 1.69. The van der Waals surface area contributed by atoms with Crippen LogP contribution >= 0.6 is 0 Å². The minimum Gasteiger partial charge on any atom is -0.358 e. The summed E-state index contributed by atoms with van der Waals surface area (Å²) in [4.78, 5) is 16.1. The van der Waals surface area contributed by atoms with Gasteiger partial charge in [-0.05, 0) is 19.4 Å². The highest BCUT2D eigenvalue weighted by Crippen LogP contribution is 2.27. The van der Waals surface area contributed by atoms with Gasteiger partial charge in [0, 0.05) is 57.4 Å². The monoisotopic (exact) mass is 306 g/mol. The lowest BCUT2D eigenvalue weighted by molar-refractivity contribution is -0.122. The van der Waals surface area contributed by atoms with Gasteiger partial charge < -0.3 is 15.5 Å². The molecule has 1 amide bonds. The van der Waals surface area contributed by atoms with Gasteiger partial charge in [0.15, 0.2) is 5.82 Å². The second-order valence-electron chi connectivity index (χ2n) is 6.17. The summed E-state index contributed by atoms with van der Waals surface area (Å²) in [6.07, 6.45) is 2.29. The van der Waals surface area contributed by atoms with E-state index in [1.807, 2.05) is 0 Å². The van der Waals surface area contributed by atoms with E-state index >= 15 is 0 Å². The third-order valence-corrected chi connectivity index (χ3v) is 4.62. The summed E-state index contributed by atoms with van der Waals surface area (Å²) < 4.78 is 0. The van der Waals surface area contributed by atoms with Crippen LogP contribution in [0.25, 0.3) is 0 Å². The zero-order valence-corrected chi connectivity index (χ0v) is 13.3. The minimum absolute atomic E-state index is 0.0896. The molecule has 3 heterocycles. The highest BCUT2D eigenvalue weighted by atomic mass is 16.1. The highest BCUT2D eigenvalue weighted by molar-refractivity contribution is 5.77. The summed E-state index contributed by atoms with van der Waals surface area (Å²) in [5.74, 6) is 1.59. The number of carbonyl (C=O) groups is 1. The van der Waals surface area contributed by atoms with Crippen LogP contribution < -0.4 is 15.5 Å². The molecule has 7 nitrogen and oxygen atoms in total. The van der Waals surface area contributed by atoms with Crippen LogP contribution in [-0.2, 0) is 4.79 Å². The number of nitrogens with zero attached hydrogens (tertiary/aromatic N) is 3. The van der Waals surface area contributed by atoms with Gasteiger partial charge in [-0.3, -0.25) is 14.8 Å². The van der Waals surface area contributed by atoms with Crippen molar-refractivity contribution >= 4 is 11.7 Å². The minimum atomic E-state index is 0.0896. The Morgan fingerprint density at radius 3 is 3.00 bits per heavy atom. The molecule has 2 aliphatic heterocycles. The Morgan fingerprint density at radius 1 is 1.41 bits per heavy atom. The molecule has 0 aliphatic carbocycles.